The molecule has 176 valence electrons. The first-order valence-corrected chi connectivity index (χ1v) is 11.9. The lowest BCUT2D eigenvalue weighted by Gasteiger charge is -2.29. The van der Waals surface area contributed by atoms with E-state index >= 15 is 0 Å². The lowest BCUT2D eigenvalue weighted by atomic mass is 9.88. The van der Waals surface area contributed by atoms with E-state index in [4.69, 9.17) is 0 Å². The molecule has 1 saturated heterocycles. The third kappa shape index (κ3) is 5.12. The third-order valence-corrected chi connectivity index (χ3v) is 7.10. The second-order valence-electron chi connectivity index (χ2n) is 9.51. The number of rotatable bonds is 3. The minimum absolute atomic E-state index is 0.137. The minimum atomic E-state index is -0.322. The summed E-state index contributed by atoms with van der Waals surface area (Å²) in [6.07, 6.45) is 3.66. The summed E-state index contributed by atoms with van der Waals surface area (Å²) in [5, 5.41) is 5.48. The molecular weight excluding hydrogens is 432 g/mol. The van der Waals surface area contributed by atoms with E-state index in [0.29, 0.717) is 11.6 Å². The number of piperidine rings is 1. The zero-order valence-electron chi connectivity index (χ0n) is 19.2. The van der Waals surface area contributed by atoms with E-state index in [1.807, 2.05) is 24.3 Å². The van der Waals surface area contributed by atoms with Gasteiger partial charge in [-0.15, -0.1) is 0 Å². The number of carbonyl (C=O) groups is 1. The van der Waals surface area contributed by atoms with E-state index in [1.165, 1.54) is 60.2 Å². The predicted octanol–water partition coefficient (Wildman–Crippen LogP) is 6.69. The van der Waals surface area contributed by atoms with Gasteiger partial charge in [-0.3, -0.25) is 0 Å². The van der Waals surface area contributed by atoms with Gasteiger partial charge in [-0.05, 0) is 122 Å². The van der Waals surface area contributed by atoms with Gasteiger partial charge in [0.15, 0.2) is 0 Å². The van der Waals surface area contributed by atoms with E-state index in [9.17, 15) is 13.6 Å². The van der Waals surface area contributed by atoms with Crippen molar-refractivity contribution in [2.24, 2.45) is 0 Å². The number of benzene rings is 3. The Morgan fingerprint density at radius 2 is 1.35 bits per heavy atom. The molecule has 6 rings (SSSR count). The SMILES string of the molecule is CN1CCC(c2ccc(F)cc2)CC1.O=C(Nc1ccc(F)cc1)Nc1ccc2c(c1)C1CC21. The van der Waals surface area contributed by atoms with Gasteiger partial charge in [-0.25, -0.2) is 13.6 Å². The van der Waals surface area contributed by atoms with E-state index < -0.39 is 0 Å². The highest BCUT2D eigenvalue weighted by Crippen LogP contribution is 2.66. The molecule has 2 N–H and O–H groups in total. The van der Waals surface area contributed by atoms with E-state index in [2.05, 4.69) is 28.6 Å². The van der Waals surface area contributed by atoms with Crippen molar-refractivity contribution in [2.75, 3.05) is 30.8 Å². The van der Waals surface area contributed by atoms with Crippen molar-refractivity contribution >= 4 is 17.4 Å². The Labute approximate surface area is 199 Å². The first-order chi connectivity index (χ1) is 16.5. The Balaban J connectivity index is 0.000000152. The van der Waals surface area contributed by atoms with Gasteiger partial charge < -0.3 is 15.5 Å². The Kier molecular flexibility index (Phi) is 6.33. The van der Waals surface area contributed by atoms with Crippen LogP contribution in [0.2, 0.25) is 0 Å². The highest BCUT2D eigenvalue weighted by Gasteiger charge is 2.50. The highest BCUT2D eigenvalue weighted by molar-refractivity contribution is 5.99. The molecule has 34 heavy (non-hydrogen) atoms. The summed E-state index contributed by atoms with van der Waals surface area (Å²) >= 11 is 0. The summed E-state index contributed by atoms with van der Waals surface area (Å²) in [5.41, 5.74) is 5.46. The quantitative estimate of drug-likeness (QED) is 0.456. The Morgan fingerprint density at radius 3 is 2.03 bits per heavy atom. The normalized spacial score (nSPS) is 20.7. The smallest absolute Gasteiger partial charge is 0.308 e. The van der Waals surface area contributed by atoms with Crippen LogP contribution in [0.25, 0.3) is 0 Å². The van der Waals surface area contributed by atoms with Gasteiger partial charge in [0.2, 0.25) is 0 Å². The fourth-order valence-electron chi connectivity index (χ4n) is 5.00. The molecule has 4 nitrogen and oxygen atoms in total. The lowest BCUT2D eigenvalue weighted by molar-refractivity contribution is 0.255. The van der Waals surface area contributed by atoms with Crippen molar-refractivity contribution in [3.05, 3.63) is 95.1 Å². The van der Waals surface area contributed by atoms with Crippen LogP contribution in [0, 0.1) is 11.6 Å². The van der Waals surface area contributed by atoms with E-state index in [-0.39, 0.29) is 17.7 Å². The molecule has 3 aromatic rings. The van der Waals surface area contributed by atoms with Crippen LogP contribution in [0.1, 0.15) is 53.7 Å². The first kappa shape index (κ1) is 22.5. The largest absolute Gasteiger partial charge is 0.323 e. The van der Waals surface area contributed by atoms with Crippen molar-refractivity contribution < 1.29 is 13.6 Å². The molecule has 0 radical (unpaired) electrons. The Morgan fingerprint density at radius 1 is 0.794 bits per heavy atom. The van der Waals surface area contributed by atoms with Crippen LogP contribution in [0.15, 0.2) is 66.7 Å². The Hall–Kier alpha value is -3.25. The van der Waals surface area contributed by atoms with Gasteiger partial charge in [0.1, 0.15) is 11.6 Å². The molecule has 1 saturated carbocycles. The molecule has 2 aliphatic carbocycles. The Bertz CT molecular complexity index is 1160. The number of anilines is 2. The first-order valence-electron chi connectivity index (χ1n) is 11.9. The van der Waals surface area contributed by atoms with E-state index in [1.54, 1.807) is 12.1 Å². The number of halogens is 2. The number of amides is 2. The fourth-order valence-corrected chi connectivity index (χ4v) is 5.00. The zero-order chi connectivity index (χ0) is 23.7. The summed E-state index contributed by atoms with van der Waals surface area (Å²) in [6, 6.07) is 18.4. The average Bonchev–Trinajstić information content (AvgIpc) is 3.56. The lowest BCUT2D eigenvalue weighted by Crippen LogP contribution is -2.29. The molecule has 2 unspecified atom stereocenters. The fraction of sp³-hybridized carbons (Fsp3) is 0.321. The molecular formula is C28H29F2N3O. The molecule has 2 amide bonds. The number of likely N-dealkylation sites (tertiary alicyclic amines) is 1. The highest BCUT2D eigenvalue weighted by atomic mass is 19.1. The maximum atomic E-state index is 12.8. The number of carbonyl (C=O) groups excluding carboxylic acids is 1. The maximum absolute atomic E-state index is 12.8. The molecule has 0 spiro atoms. The second-order valence-corrected chi connectivity index (χ2v) is 9.51. The van der Waals surface area contributed by atoms with Gasteiger partial charge in [0.05, 0.1) is 0 Å². The number of nitrogens with zero attached hydrogens (tertiary/aromatic N) is 1. The van der Waals surface area contributed by atoms with Gasteiger partial charge in [0, 0.05) is 11.4 Å². The van der Waals surface area contributed by atoms with Crippen molar-refractivity contribution in [1.29, 1.82) is 0 Å². The summed E-state index contributed by atoms with van der Waals surface area (Å²) in [5.74, 6) is 1.68. The molecule has 1 aliphatic heterocycles. The molecule has 3 aromatic carbocycles. The molecule has 3 aliphatic rings. The molecule has 0 bridgehead atoms. The van der Waals surface area contributed by atoms with Gasteiger partial charge in [0.25, 0.3) is 0 Å². The second kappa shape index (κ2) is 9.55. The van der Waals surface area contributed by atoms with Crippen molar-refractivity contribution in [1.82, 2.24) is 4.90 Å². The summed E-state index contributed by atoms with van der Waals surface area (Å²) < 4.78 is 25.5. The monoisotopic (exact) mass is 461 g/mol. The minimum Gasteiger partial charge on any atom is -0.308 e. The zero-order valence-corrected chi connectivity index (χ0v) is 19.2. The average molecular weight is 462 g/mol. The number of urea groups is 1. The van der Waals surface area contributed by atoms with Crippen LogP contribution in [0.5, 0.6) is 0 Å². The molecule has 2 atom stereocenters. The number of fused-ring (bicyclic) bond motifs is 4. The summed E-state index contributed by atoms with van der Waals surface area (Å²) in [7, 11) is 2.15. The van der Waals surface area contributed by atoms with Crippen LogP contribution in [0.4, 0.5) is 25.0 Å². The van der Waals surface area contributed by atoms with Crippen LogP contribution >= 0.6 is 0 Å². The van der Waals surface area contributed by atoms with Crippen LogP contribution in [0.3, 0.4) is 0 Å². The molecule has 6 heteroatoms. The molecule has 2 fully saturated rings. The number of nitrogens with one attached hydrogen (secondary N) is 2. The summed E-state index contributed by atoms with van der Waals surface area (Å²) in [6.45, 7) is 2.31. The van der Waals surface area contributed by atoms with Crippen LogP contribution in [-0.4, -0.2) is 31.1 Å². The van der Waals surface area contributed by atoms with Crippen LogP contribution < -0.4 is 10.6 Å². The molecule has 0 aromatic heterocycles. The van der Waals surface area contributed by atoms with Gasteiger partial charge in [-0.1, -0.05) is 18.2 Å². The number of hydrogen-bond donors (Lipinski definition) is 2. The van der Waals surface area contributed by atoms with Crippen molar-refractivity contribution in [2.45, 2.75) is 37.0 Å². The maximum Gasteiger partial charge on any atom is 0.323 e. The standard InChI is InChI=1S/C16H13FN2O.C12H16FN/c17-9-1-3-10(4-2-9)18-16(20)19-11-5-6-12-13(7-11)15-8-14(12)15;1-14-8-6-11(7-9-14)10-2-4-12(13)5-3-10/h1-7,14-15H,8H2,(H2,18,19,20);2-5,11H,6-9H2,1H3. The third-order valence-electron chi connectivity index (χ3n) is 7.10. The van der Waals surface area contributed by atoms with Gasteiger partial charge in [-0.2, -0.15) is 0 Å². The van der Waals surface area contributed by atoms with Crippen molar-refractivity contribution in [3.8, 4) is 0 Å². The van der Waals surface area contributed by atoms with Gasteiger partial charge >= 0.3 is 6.03 Å². The van der Waals surface area contributed by atoms with Crippen molar-refractivity contribution in [3.63, 3.8) is 0 Å². The topological polar surface area (TPSA) is 44.4 Å². The van der Waals surface area contributed by atoms with Crippen LogP contribution in [-0.2, 0) is 0 Å². The van der Waals surface area contributed by atoms with E-state index in [0.717, 1.165) is 30.6 Å². The number of hydrogen-bond acceptors (Lipinski definition) is 2. The molecule has 1 heterocycles. The summed E-state index contributed by atoms with van der Waals surface area (Å²) in [4.78, 5) is 14.2. The predicted molar refractivity (Wildman–Crippen MR) is 131 cm³/mol.